The number of aliphatic hydroxyl groups excluding tert-OH is 1. The molecule has 0 saturated carbocycles. The van der Waals surface area contributed by atoms with Crippen molar-refractivity contribution < 1.29 is 22.7 Å². The van der Waals surface area contributed by atoms with Gasteiger partial charge in [0, 0.05) is 25.2 Å². The van der Waals surface area contributed by atoms with Crippen molar-refractivity contribution in [1.29, 1.82) is 0 Å². The van der Waals surface area contributed by atoms with Gasteiger partial charge in [0.15, 0.2) is 0 Å². The second kappa shape index (κ2) is 6.69. The van der Waals surface area contributed by atoms with E-state index in [-0.39, 0.29) is 18.7 Å². The lowest BCUT2D eigenvalue weighted by molar-refractivity contribution is 0.173. The molecule has 0 radical (unpaired) electrons. The quantitative estimate of drug-likeness (QED) is 0.832. The molecule has 0 aliphatic rings. The van der Waals surface area contributed by atoms with E-state index < -0.39 is 29.4 Å². The zero-order valence-electron chi connectivity index (χ0n) is 10.9. The van der Waals surface area contributed by atoms with Crippen LogP contribution in [0, 0.1) is 23.3 Å². The molecule has 0 bridgehead atoms. The fourth-order valence-corrected chi connectivity index (χ4v) is 1.95. The molecule has 0 heterocycles. The minimum atomic E-state index is -1.13. The van der Waals surface area contributed by atoms with Crippen LogP contribution in [-0.2, 0) is 6.54 Å². The summed E-state index contributed by atoms with van der Waals surface area (Å²) in [4.78, 5) is 0. The summed E-state index contributed by atoms with van der Waals surface area (Å²) in [6.45, 7) is 0.102. The zero-order valence-corrected chi connectivity index (χ0v) is 10.9. The topological polar surface area (TPSA) is 32.3 Å². The fraction of sp³-hybridized carbons (Fsp3) is 0.200. The second-order valence-corrected chi connectivity index (χ2v) is 4.63. The summed E-state index contributed by atoms with van der Waals surface area (Å²) in [5, 5.41) is 12.6. The Morgan fingerprint density at radius 1 is 0.810 bits per heavy atom. The van der Waals surface area contributed by atoms with Gasteiger partial charge in [0.1, 0.15) is 23.3 Å². The molecule has 2 aromatic rings. The lowest BCUT2D eigenvalue weighted by atomic mass is 10.1. The maximum atomic E-state index is 13.0. The molecule has 2 aromatic carbocycles. The van der Waals surface area contributed by atoms with Gasteiger partial charge in [-0.2, -0.15) is 0 Å². The molecule has 0 aliphatic carbocycles. The Morgan fingerprint density at radius 2 is 1.29 bits per heavy atom. The van der Waals surface area contributed by atoms with Crippen LogP contribution in [0.3, 0.4) is 0 Å². The van der Waals surface area contributed by atoms with Gasteiger partial charge in [0.2, 0.25) is 0 Å². The van der Waals surface area contributed by atoms with Crippen molar-refractivity contribution in [1.82, 2.24) is 5.32 Å². The number of hydrogen-bond donors (Lipinski definition) is 2. The van der Waals surface area contributed by atoms with Gasteiger partial charge in [-0.25, -0.2) is 17.6 Å². The predicted octanol–water partition coefficient (Wildman–Crippen LogP) is 3.07. The number of hydrogen-bond acceptors (Lipinski definition) is 2. The molecular formula is C15H13F4NO. The maximum absolute atomic E-state index is 13.0. The summed E-state index contributed by atoms with van der Waals surface area (Å²) in [6, 6.07) is 5.83. The van der Waals surface area contributed by atoms with Crippen molar-refractivity contribution in [3.05, 3.63) is 70.8 Å². The molecule has 2 nitrogen and oxygen atoms in total. The third-order valence-electron chi connectivity index (χ3n) is 2.86. The van der Waals surface area contributed by atoms with Gasteiger partial charge in [-0.3, -0.25) is 0 Å². The van der Waals surface area contributed by atoms with Gasteiger partial charge in [0.25, 0.3) is 0 Å². The number of rotatable bonds is 5. The smallest absolute Gasteiger partial charge is 0.126 e. The van der Waals surface area contributed by atoms with E-state index >= 15 is 0 Å². The van der Waals surface area contributed by atoms with Gasteiger partial charge in [-0.1, -0.05) is 0 Å². The second-order valence-electron chi connectivity index (χ2n) is 4.63. The Bertz CT molecular complexity index is 593. The van der Waals surface area contributed by atoms with Crippen LogP contribution < -0.4 is 5.32 Å². The molecule has 0 aliphatic heterocycles. The molecule has 21 heavy (non-hydrogen) atoms. The SMILES string of the molecule is OC(CNCc1cc(F)cc(F)c1)c1cc(F)cc(F)c1. The standard InChI is InChI=1S/C15H13F4NO/c16-11-1-9(2-12(17)5-11)7-20-8-15(21)10-3-13(18)6-14(19)4-10/h1-6,15,20-21H,7-8H2. The van der Waals surface area contributed by atoms with Gasteiger partial charge in [0.05, 0.1) is 6.10 Å². The van der Waals surface area contributed by atoms with E-state index in [1.807, 2.05) is 0 Å². The summed E-state index contributed by atoms with van der Waals surface area (Å²) >= 11 is 0. The monoisotopic (exact) mass is 299 g/mol. The van der Waals surface area contributed by atoms with Crippen LogP contribution in [0.2, 0.25) is 0 Å². The summed E-state index contributed by atoms with van der Waals surface area (Å²) in [5.41, 5.74) is 0.454. The summed E-state index contributed by atoms with van der Waals surface area (Å²) in [6.07, 6.45) is -1.13. The Hall–Kier alpha value is -1.92. The highest BCUT2D eigenvalue weighted by Crippen LogP contribution is 2.16. The number of halogens is 4. The average Bonchev–Trinajstić information content (AvgIpc) is 2.36. The molecule has 0 amide bonds. The molecule has 0 saturated heterocycles. The van der Waals surface area contributed by atoms with Crippen LogP contribution in [0.4, 0.5) is 17.6 Å². The van der Waals surface area contributed by atoms with Crippen LogP contribution in [0.5, 0.6) is 0 Å². The molecule has 0 spiro atoms. The Balaban J connectivity index is 1.93. The van der Waals surface area contributed by atoms with Crippen molar-refractivity contribution in [2.75, 3.05) is 6.54 Å². The first kappa shape index (κ1) is 15.5. The predicted molar refractivity (Wildman–Crippen MR) is 69.4 cm³/mol. The van der Waals surface area contributed by atoms with E-state index in [4.69, 9.17) is 0 Å². The summed E-state index contributed by atoms with van der Waals surface area (Å²) < 4.78 is 52.0. The van der Waals surface area contributed by atoms with E-state index in [1.165, 1.54) is 0 Å². The normalized spacial score (nSPS) is 12.4. The molecular weight excluding hydrogens is 286 g/mol. The lowest BCUT2D eigenvalue weighted by Gasteiger charge is -2.12. The summed E-state index contributed by atoms with van der Waals surface area (Å²) in [7, 11) is 0. The van der Waals surface area contributed by atoms with Gasteiger partial charge < -0.3 is 10.4 Å². The number of nitrogens with one attached hydrogen (secondary N) is 1. The molecule has 2 N–H and O–H groups in total. The van der Waals surface area contributed by atoms with Crippen LogP contribution >= 0.6 is 0 Å². The molecule has 1 atom stereocenters. The zero-order chi connectivity index (χ0) is 15.4. The average molecular weight is 299 g/mol. The van der Waals surface area contributed by atoms with Crippen LogP contribution in [0.1, 0.15) is 17.2 Å². The van der Waals surface area contributed by atoms with Crippen molar-refractivity contribution in [3.8, 4) is 0 Å². The van der Waals surface area contributed by atoms with Crippen LogP contribution in [0.25, 0.3) is 0 Å². The third kappa shape index (κ3) is 4.54. The Labute approximate surface area is 119 Å². The van der Waals surface area contributed by atoms with Crippen molar-refractivity contribution in [2.24, 2.45) is 0 Å². The Kier molecular flexibility index (Phi) is 4.93. The first-order valence-corrected chi connectivity index (χ1v) is 6.24. The van der Waals surface area contributed by atoms with E-state index in [2.05, 4.69) is 5.32 Å². The highest BCUT2D eigenvalue weighted by Gasteiger charge is 2.10. The fourth-order valence-electron chi connectivity index (χ4n) is 1.95. The first-order chi connectivity index (χ1) is 9.94. The van der Waals surface area contributed by atoms with Crippen LogP contribution in [0.15, 0.2) is 36.4 Å². The minimum Gasteiger partial charge on any atom is -0.387 e. The highest BCUT2D eigenvalue weighted by atomic mass is 19.1. The van der Waals surface area contributed by atoms with Gasteiger partial charge >= 0.3 is 0 Å². The minimum absolute atomic E-state index is 0.0129. The Morgan fingerprint density at radius 3 is 1.81 bits per heavy atom. The molecule has 0 aromatic heterocycles. The molecule has 112 valence electrons. The van der Waals surface area contributed by atoms with E-state index in [9.17, 15) is 22.7 Å². The molecule has 0 fully saturated rings. The first-order valence-electron chi connectivity index (χ1n) is 6.24. The van der Waals surface area contributed by atoms with E-state index in [0.717, 1.165) is 30.3 Å². The summed E-state index contributed by atoms with van der Waals surface area (Å²) in [5.74, 6) is -2.95. The van der Waals surface area contributed by atoms with Crippen molar-refractivity contribution in [3.63, 3.8) is 0 Å². The van der Waals surface area contributed by atoms with Crippen LogP contribution in [-0.4, -0.2) is 11.7 Å². The van der Waals surface area contributed by atoms with E-state index in [0.29, 0.717) is 11.6 Å². The number of benzene rings is 2. The van der Waals surface area contributed by atoms with E-state index in [1.54, 1.807) is 0 Å². The van der Waals surface area contributed by atoms with Crippen molar-refractivity contribution >= 4 is 0 Å². The highest BCUT2D eigenvalue weighted by molar-refractivity contribution is 5.21. The lowest BCUT2D eigenvalue weighted by Crippen LogP contribution is -2.21. The van der Waals surface area contributed by atoms with Gasteiger partial charge in [-0.15, -0.1) is 0 Å². The van der Waals surface area contributed by atoms with Crippen molar-refractivity contribution in [2.45, 2.75) is 12.6 Å². The molecule has 2 rings (SSSR count). The molecule has 6 heteroatoms. The maximum Gasteiger partial charge on any atom is 0.126 e. The molecule has 1 unspecified atom stereocenters. The van der Waals surface area contributed by atoms with Gasteiger partial charge in [-0.05, 0) is 35.4 Å². The third-order valence-corrected chi connectivity index (χ3v) is 2.86. The largest absolute Gasteiger partial charge is 0.387 e. The number of aliphatic hydroxyl groups is 1.